The molecule has 142 valence electrons. The average Bonchev–Trinajstić information content (AvgIpc) is 3.06. The molecule has 0 aromatic heterocycles. The molecule has 1 unspecified atom stereocenters. The number of para-hydroxylation sites is 2. The molecule has 3 aromatic carbocycles. The molecule has 1 heterocycles. The maximum absolute atomic E-state index is 4.94. The van der Waals surface area contributed by atoms with Crippen molar-refractivity contribution in [1.82, 2.24) is 0 Å². The molecule has 2 aliphatic rings. The van der Waals surface area contributed by atoms with Gasteiger partial charge in [0.1, 0.15) is 6.17 Å². The second-order valence-corrected chi connectivity index (χ2v) is 7.22. The van der Waals surface area contributed by atoms with E-state index in [1.807, 2.05) is 30.3 Å². The molecule has 0 spiro atoms. The summed E-state index contributed by atoms with van der Waals surface area (Å²) in [5, 5.41) is 7.02. The molecule has 3 nitrogen and oxygen atoms in total. The Morgan fingerprint density at radius 1 is 0.643 bits per heavy atom. The average molecular weight is 370 g/mol. The molecule has 1 saturated carbocycles. The summed E-state index contributed by atoms with van der Waals surface area (Å²) in [6.45, 7) is 2.18. The number of hydrazone groups is 1. The van der Waals surface area contributed by atoms with Crippen molar-refractivity contribution in [3.63, 3.8) is 0 Å². The predicted molar refractivity (Wildman–Crippen MR) is 119 cm³/mol. The summed E-state index contributed by atoms with van der Waals surface area (Å²) in [5.74, 6) is 0.971. The lowest BCUT2D eigenvalue weighted by Gasteiger charge is -2.29. The lowest BCUT2D eigenvalue weighted by Crippen LogP contribution is -2.40. The molecule has 5 rings (SSSR count). The first-order valence-electron chi connectivity index (χ1n) is 10.2. The summed E-state index contributed by atoms with van der Waals surface area (Å²) in [6.07, 6.45) is 6.10. The number of hydrogen-bond acceptors (Lipinski definition) is 3. The molecule has 3 heteroatoms. The topological polar surface area (TPSA) is 18.8 Å². The van der Waals surface area contributed by atoms with E-state index in [9.17, 15) is 0 Å². The Bertz CT molecular complexity index is 883. The van der Waals surface area contributed by atoms with Gasteiger partial charge in [0.05, 0.1) is 5.69 Å². The Morgan fingerprint density at radius 2 is 1.11 bits per heavy atom. The molecular formula is C25H27N3. The second kappa shape index (κ2) is 8.75. The van der Waals surface area contributed by atoms with Gasteiger partial charge in [-0.2, -0.15) is 5.10 Å². The van der Waals surface area contributed by atoms with Crippen LogP contribution in [0, 0.1) is 0 Å². The van der Waals surface area contributed by atoms with Crippen LogP contribution in [0.4, 0.5) is 11.4 Å². The second-order valence-electron chi connectivity index (χ2n) is 7.22. The zero-order valence-corrected chi connectivity index (χ0v) is 16.4. The molecule has 1 atom stereocenters. The van der Waals surface area contributed by atoms with Crippen molar-refractivity contribution < 1.29 is 0 Å². The number of rotatable bonds is 3. The fraction of sp³-hybridized carbons (Fsp3) is 0.240. The lowest BCUT2D eigenvalue weighted by atomic mass is 10.0. The fourth-order valence-electron chi connectivity index (χ4n) is 3.33. The number of benzene rings is 3. The first-order chi connectivity index (χ1) is 13.8. The summed E-state index contributed by atoms with van der Waals surface area (Å²) in [4.78, 5) is 2.28. The van der Waals surface area contributed by atoms with Crippen LogP contribution >= 0.6 is 0 Å². The lowest BCUT2D eigenvalue weighted by molar-refractivity contribution is 0.504. The van der Waals surface area contributed by atoms with Gasteiger partial charge >= 0.3 is 0 Å². The Labute approximate surface area is 167 Å². The maximum Gasteiger partial charge on any atom is 0.162 e. The summed E-state index contributed by atoms with van der Waals surface area (Å²) in [5.41, 5.74) is 3.36. The van der Waals surface area contributed by atoms with Crippen LogP contribution in [0.3, 0.4) is 0 Å². The third-order valence-corrected chi connectivity index (χ3v) is 5.25. The SMILES string of the molecule is C1CCC1.CC1N(c2ccccc2)N=C(c2ccccc2)N1c1ccccc1. The molecule has 1 aliphatic carbocycles. The minimum atomic E-state index is 0.102. The van der Waals surface area contributed by atoms with Crippen LogP contribution in [0.2, 0.25) is 0 Å². The maximum atomic E-state index is 4.94. The standard InChI is InChI=1S/C21H19N3.C4H8/c1-17-23(19-13-7-3-8-14-19)21(18-11-5-2-6-12-18)22-24(17)20-15-9-4-10-16-20;1-2-4-3-1/h2-17H,1H3;1-4H2. The van der Waals surface area contributed by atoms with Gasteiger partial charge in [-0.1, -0.05) is 92.4 Å². The number of amidine groups is 1. The molecular weight excluding hydrogens is 342 g/mol. The quantitative estimate of drug-likeness (QED) is 0.541. The largest absolute Gasteiger partial charge is 0.302 e. The molecule has 0 bridgehead atoms. The summed E-state index contributed by atoms with van der Waals surface area (Å²) >= 11 is 0. The van der Waals surface area contributed by atoms with E-state index in [4.69, 9.17) is 5.10 Å². The number of anilines is 2. The minimum absolute atomic E-state index is 0.102. The van der Waals surface area contributed by atoms with Crippen molar-refractivity contribution >= 4 is 17.2 Å². The van der Waals surface area contributed by atoms with E-state index >= 15 is 0 Å². The number of hydrogen-bond donors (Lipinski definition) is 0. The Balaban J connectivity index is 0.000000429. The van der Waals surface area contributed by atoms with Gasteiger partial charge in [0.25, 0.3) is 0 Å². The van der Waals surface area contributed by atoms with Crippen molar-refractivity contribution in [3.8, 4) is 0 Å². The molecule has 0 N–H and O–H groups in total. The van der Waals surface area contributed by atoms with Gasteiger partial charge in [-0.25, -0.2) is 5.01 Å². The highest BCUT2D eigenvalue weighted by Gasteiger charge is 2.33. The highest BCUT2D eigenvalue weighted by molar-refractivity contribution is 6.12. The molecule has 0 saturated heterocycles. The van der Waals surface area contributed by atoms with Crippen molar-refractivity contribution in [3.05, 3.63) is 96.6 Å². The van der Waals surface area contributed by atoms with Gasteiger partial charge in [0, 0.05) is 11.3 Å². The van der Waals surface area contributed by atoms with Crippen LogP contribution in [-0.4, -0.2) is 12.0 Å². The third kappa shape index (κ3) is 3.94. The Hall–Kier alpha value is -3.07. The molecule has 1 fully saturated rings. The van der Waals surface area contributed by atoms with Crippen molar-refractivity contribution in [2.24, 2.45) is 5.10 Å². The van der Waals surface area contributed by atoms with Crippen LogP contribution < -0.4 is 9.91 Å². The zero-order chi connectivity index (χ0) is 19.2. The molecule has 1 aliphatic heterocycles. The van der Waals surface area contributed by atoms with E-state index in [0.717, 1.165) is 22.8 Å². The molecule has 3 aromatic rings. The summed E-state index contributed by atoms with van der Waals surface area (Å²) < 4.78 is 0. The summed E-state index contributed by atoms with van der Waals surface area (Å²) in [7, 11) is 0. The molecule has 0 amide bonds. The van der Waals surface area contributed by atoms with Crippen LogP contribution in [0.5, 0.6) is 0 Å². The van der Waals surface area contributed by atoms with Crippen LogP contribution in [0.15, 0.2) is 96.1 Å². The van der Waals surface area contributed by atoms with E-state index in [0.29, 0.717) is 0 Å². The first-order valence-corrected chi connectivity index (χ1v) is 10.2. The highest BCUT2D eigenvalue weighted by Crippen LogP contribution is 2.31. The highest BCUT2D eigenvalue weighted by atomic mass is 15.6. The van der Waals surface area contributed by atoms with Gasteiger partial charge in [-0.3, -0.25) is 0 Å². The van der Waals surface area contributed by atoms with E-state index in [1.54, 1.807) is 0 Å². The van der Waals surface area contributed by atoms with E-state index in [1.165, 1.54) is 25.7 Å². The van der Waals surface area contributed by atoms with Gasteiger partial charge < -0.3 is 4.90 Å². The monoisotopic (exact) mass is 369 g/mol. The zero-order valence-electron chi connectivity index (χ0n) is 16.4. The molecule has 28 heavy (non-hydrogen) atoms. The van der Waals surface area contributed by atoms with Crippen LogP contribution in [0.25, 0.3) is 0 Å². The fourth-order valence-corrected chi connectivity index (χ4v) is 3.33. The number of nitrogens with zero attached hydrogens (tertiary/aromatic N) is 3. The third-order valence-electron chi connectivity index (χ3n) is 5.25. The van der Waals surface area contributed by atoms with Crippen molar-refractivity contribution in [1.29, 1.82) is 0 Å². The van der Waals surface area contributed by atoms with Gasteiger partial charge in [-0.05, 0) is 31.2 Å². The minimum Gasteiger partial charge on any atom is -0.302 e. The van der Waals surface area contributed by atoms with Crippen molar-refractivity contribution in [2.45, 2.75) is 38.8 Å². The van der Waals surface area contributed by atoms with Gasteiger partial charge in [0.15, 0.2) is 5.84 Å². The van der Waals surface area contributed by atoms with Gasteiger partial charge in [-0.15, -0.1) is 0 Å². The van der Waals surface area contributed by atoms with Crippen LogP contribution in [0.1, 0.15) is 38.2 Å². The van der Waals surface area contributed by atoms with E-state index < -0.39 is 0 Å². The smallest absolute Gasteiger partial charge is 0.162 e. The summed E-state index contributed by atoms with van der Waals surface area (Å²) in [6, 6.07) is 31.1. The van der Waals surface area contributed by atoms with Crippen molar-refractivity contribution in [2.75, 3.05) is 9.91 Å². The van der Waals surface area contributed by atoms with Gasteiger partial charge in [0.2, 0.25) is 0 Å². The Kier molecular flexibility index (Phi) is 5.72. The predicted octanol–water partition coefficient (Wildman–Crippen LogP) is 6.28. The van der Waals surface area contributed by atoms with Crippen LogP contribution in [-0.2, 0) is 0 Å². The van der Waals surface area contributed by atoms with E-state index in [-0.39, 0.29) is 6.17 Å². The normalized spacial score (nSPS) is 18.0. The molecule has 0 radical (unpaired) electrons. The van der Waals surface area contributed by atoms with E-state index in [2.05, 4.69) is 77.5 Å². The Morgan fingerprint density at radius 3 is 1.61 bits per heavy atom. The first kappa shape index (κ1) is 18.3.